The smallest absolute Gasteiger partial charge is 0.161 e. The summed E-state index contributed by atoms with van der Waals surface area (Å²) in [5.74, 6) is 1.57. The van der Waals surface area contributed by atoms with Gasteiger partial charge in [0.15, 0.2) is 5.65 Å². The Kier molecular flexibility index (Phi) is 5.33. The van der Waals surface area contributed by atoms with Crippen molar-refractivity contribution in [1.29, 1.82) is 0 Å². The Bertz CT molecular complexity index is 1560. The molecule has 5 aromatic rings. The first-order valence-corrected chi connectivity index (χ1v) is 12.9. The zero-order valence-electron chi connectivity index (χ0n) is 19.8. The average molecular weight is 496 g/mol. The van der Waals surface area contributed by atoms with Gasteiger partial charge in [0.2, 0.25) is 0 Å². The average Bonchev–Trinajstić information content (AvgIpc) is 3.29. The van der Waals surface area contributed by atoms with Crippen LogP contribution in [-0.4, -0.2) is 55.7 Å². The number of likely N-dealkylation sites (tertiary alicyclic amines) is 1. The lowest BCUT2D eigenvalue weighted by molar-refractivity contribution is 0.114. The predicted molar refractivity (Wildman–Crippen MR) is 144 cm³/mol. The van der Waals surface area contributed by atoms with Gasteiger partial charge in [-0.1, -0.05) is 48.0 Å². The Labute approximate surface area is 213 Å². The topological polar surface area (TPSA) is 82.6 Å². The molecule has 1 aliphatic carbocycles. The molecule has 2 fully saturated rings. The largest absolute Gasteiger partial charge is 0.367 e. The maximum absolute atomic E-state index is 6.79. The molecule has 2 N–H and O–H groups in total. The van der Waals surface area contributed by atoms with Crippen molar-refractivity contribution in [3.05, 3.63) is 65.9 Å². The van der Waals surface area contributed by atoms with Crippen LogP contribution in [0, 0.1) is 5.92 Å². The van der Waals surface area contributed by atoms with Gasteiger partial charge in [0.05, 0.1) is 21.6 Å². The molecule has 8 heteroatoms. The van der Waals surface area contributed by atoms with E-state index in [1.807, 2.05) is 36.4 Å². The van der Waals surface area contributed by atoms with E-state index in [2.05, 4.69) is 48.6 Å². The quantitative estimate of drug-likeness (QED) is 0.310. The summed E-state index contributed by atoms with van der Waals surface area (Å²) in [7, 11) is 0. The summed E-state index contributed by atoms with van der Waals surface area (Å²) in [6, 6.07) is 18.7. The van der Waals surface area contributed by atoms with Crippen LogP contribution in [-0.2, 0) is 0 Å². The van der Waals surface area contributed by atoms with E-state index in [0.717, 1.165) is 63.4 Å². The zero-order chi connectivity index (χ0) is 24.1. The molecule has 0 radical (unpaired) electrons. The van der Waals surface area contributed by atoms with Gasteiger partial charge in [-0.05, 0) is 56.5 Å². The second-order valence-electron chi connectivity index (χ2n) is 9.94. The van der Waals surface area contributed by atoms with E-state index in [-0.39, 0.29) is 0 Å². The number of pyridine rings is 1. The van der Waals surface area contributed by atoms with Gasteiger partial charge in [0.25, 0.3) is 0 Å². The van der Waals surface area contributed by atoms with Gasteiger partial charge in [-0.3, -0.25) is 5.10 Å². The maximum Gasteiger partial charge on any atom is 0.161 e. The van der Waals surface area contributed by atoms with Gasteiger partial charge in [0, 0.05) is 29.1 Å². The Balaban J connectivity index is 1.22. The lowest BCUT2D eigenvalue weighted by Crippen LogP contribution is -2.46. The van der Waals surface area contributed by atoms with E-state index in [4.69, 9.17) is 16.6 Å². The number of H-pyrrole nitrogens is 1. The van der Waals surface area contributed by atoms with Crippen LogP contribution < -0.4 is 5.32 Å². The molecular formula is C28H26ClN7. The molecule has 0 unspecified atom stereocenters. The molecule has 1 saturated carbocycles. The molecule has 2 aliphatic rings. The third kappa shape index (κ3) is 3.88. The van der Waals surface area contributed by atoms with Crippen molar-refractivity contribution in [3.8, 4) is 22.5 Å². The standard InChI is InChI=1S/C28H26ClN7/c29-22-13-19-7-8-23(18-5-2-1-3-6-18)33-24(19)14-21(22)26-25-27(30-16-31-28(25)35-34-26)32-20-11-17(12-20)15-36-9-4-10-36/h1-3,5-8,13-14,16-17,20H,4,9-12,15H2,(H2,30,31,32,34,35). The van der Waals surface area contributed by atoms with Crippen molar-refractivity contribution in [2.75, 3.05) is 25.0 Å². The SMILES string of the molecule is Clc1cc2ccc(-c3ccccc3)nc2cc1-c1n[nH]c2ncnc(NC3CC(CN4CCC4)C3)c12. The predicted octanol–water partition coefficient (Wildman–Crippen LogP) is 5.78. The number of hydrogen-bond donors (Lipinski definition) is 2. The highest BCUT2D eigenvalue weighted by Crippen LogP contribution is 2.38. The summed E-state index contributed by atoms with van der Waals surface area (Å²) in [6.07, 6.45) is 5.26. The van der Waals surface area contributed by atoms with Crippen molar-refractivity contribution in [3.63, 3.8) is 0 Å². The first kappa shape index (κ1) is 21.7. The Hall–Kier alpha value is -3.55. The lowest BCUT2D eigenvalue weighted by Gasteiger charge is -2.42. The minimum absolute atomic E-state index is 0.416. The van der Waals surface area contributed by atoms with Gasteiger partial charge >= 0.3 is 0 Å². The highest BCUT2D eigenvalue weighted by Gasteiger charge is 2.32. The van der Waals surface area contributed by atoms with Crippen LogP contribution in [0.1, 0.15) is 19.3 Å². The third-order valence-electron chi connectivity index (χ3n) is 7.50. The summed E-state index contributed by atoms with van der Waals surface area (Å²) in [6.45, 7) is 3.74. The molecule has 1 aliphatic heterocycles. The van der Waals surface area contributed by atoms with Gasteiger partial charge in [-0.25, -0.2) is 15.0 Å². The number of rotatable bonds is 6. The van der Waals surface area contributed by atoms with Gasteiger partial charge < -0.3 is 10.2 Å². The second kappa shape index (κ2) is 8.84. The van der Waals surface area contributed by atoms with E-state index < -0.39 is 0 Å². The number of aromatic nitrogens is 5. The third-order valence-corrected chi connectivity index (χ3v) is 7.81. The van der Waals surface area contributed by atoms with Crippen LogP contribution in [0.3, 0.4) is 0 Å². The van der Waals surface area contributed by atoms with Gasteiger partial charge in [-0.15, -0.1) is 0 Å². The van der Waals surface area contributed by atoms with Crippen molar-refractivity contribution in [1.82, 2.24) is 30.0 Å². The molecule has 1 saturated heterocycles. The maximum atomic E-state index is 6.79. The van der Waals surface area contributed by atoms with Crippen molar-refractivity contribution >= 4 is 39.4 Å². The van der Waals surface area contributed by atoms with E-state index in [1.165, 1.54) is 26.1 Å². The summed E-state index contributed by atoms with van der Waals surface area (Å²) >= 11 is 6.79. The van der Waals surface area contributed by atoms with Crippen molar-refractivity contribution < 1.29 is 0 Å². The Morgan fingerprint density at radius 3 is 2.69 bits per heavy atom. The summed E-state index contributed by atoms with van der Waals surface area (Å²) in [4.78, 5) is 16.5. The molecule has 0 amide bonds. The molecular weight excluding hydrogens is 470 g/mol. The van der Waals surface area contributed by atoms with Crippen LogP contribution in [0.4, 0.5) is 5.82 Å². The number of nitrogens with zero attached hydrogens (tertiary/aromatic N) is 5. The van der Waals surface area contributed by atoms with Crippen molar-refractivity contribution in [2.45, 2.75) is 25.3 Å². The number of benzene rings is 2. The molecule has 7 nitrogen and oxygen atoms in total. The van der Waals surface area contributed by atoms with Gasteiger partial charge in [-0.2, -0.15) is 5.10 Å². The first-order valence-electron chi connectivity index (χ1n) is 12.6. The minimum Gasteiger partial charge on any atom is -0.367 e. The molecule has 0 atom stereocenters. The highest BCUT2D eigenvalue weighted by atomic mass is 35.5. The normalized spacial score (nSPS) is 19.8. The molecule has 7 rings (SSSR count). The number of halogens is 1. The fourth-order valence-electron chi connectivity index (χ4n) is 5.38. The van der Waals surface area contributed by atoms with E-state index >= 15 is 0 Å². The fraction of sp³-hybridized carbons (Fsp3) is 0.286. The van der Waals surface area contributed by atoms with Gasteiger partial charge in [0.1, 0.15) is 17.8 Å². The number of hydrogen-bond acceptors (Lipinski definition) is 6. The fourth-order valence-corrected chi connectivity index (χ4v) is 5.65. The first-order chi connectivity index (χ1) is 17.7. The number of anilines is 1. The van der Waals surface area contributed by atoms with E-state index in [9.17, 15) is 0 Å². The molecule has 36 heavy (non-hydrogen) atoms. The Morgan fingerprint density at radius 1 is 1.03 bits per heavy atom. The van der Waals surface area contributed by atoms with Crippen LogP contribution >= 0.6 is 11.6 Å². The minimum atomic E-state index is 0.416. The van der Waals surface area contributed by atoms with E-state index in [1.54, 1.807) is 6.33 Å². The Morgan fingerprint density at radius 2 is 1.89 bits per heavy atom. The van der Waals surface area contributed by atoms with Crippen LogP contribution in [0.5, 0.6) is 0 Å². The van der Waals surface area contributed by atoms with Crippen LogP contribution in [0.15, 0.2) is 60.9 Å². The molecule has 3 aromatic heterocycles. The molecule has 2 aromatic carbocycles. The molecule has 0 spiro atoms. The summed E-state index contributed by atoms with van der Waals surface area (Å²) in [5.41, 5.74) is 5.12. The van der Waals surface area contributed by atoms with Crippen LogP contribution in [0.25, 0.3) is 44.5 Å². The molecule has 4 heterocycles. The summed E-state index contributed by atoms with van der Waals surface area (Å²) < 4.78 is 0. The van der Waals surface area contributed by atoms with Crippen LogP contribution in [0.2, 0.25) is 5.02 Å². The summed E-state index contributed by atoms with van der Waals surface area (Å²) in [5, 5.41) is 13.8. The van der Waals surface area contributed by atoms with Crippen molar-refractivity contribution in [2.24, 2.45) is 5.92 Å². The molecule has 180 valence electrons. The second-order valence-corrected chi connectivity index (χ2v) is 10.3. The number of fused-ring (bicyclic) bond motifs is 2. The molecule has 0 bridgehead atoms. The zero-order valence-corrected chi connectivity index (χ0v) is 20.5. The highest BCUT2D eigenvalue weighted by molar-refractivity contribution is 6.34. The monoisotopic (exact) mass is 495 g/mol. The number of aromatic amines is 1. The van der Waals surface area contributed by atoms with E-state index in [0.29, 0.717) is 16.7 Å². The number of nitrogens with one attached hydrogen (secondary N) is 2. The lowest BCUT2D eigenvalue weighted by atomic mass is 9.79.